The molecule has 0 unspecified atom stereocenters. The molecule has 1 N–H and O–H groups in total. The van der Waals surface area contributed by atoms with Crippen LogP contribution in [0.15, 0.2) is 53.4 Å². The Morgan fingerprint density at radius 1 is 1.06 bits per heavy atom. The summed E-state index contributed by atoms with van der Waals surface area (Å²) in [6, 6.07) is 13.4. The molecule has 2 heterocycles. The summed E-state index contributed by atoms with van der Waals surface area (Å²) >= 11 is 0. The van der Waals surface area contributed by atoms with Crippen molar-refractivity contribution in [1.29, 1.82) is 0 Å². The van der Waals surface area contributed by atoms with E-state index in [4.69, 9.17) is 0 Å². The Morgan fingerprint density at radius 2 is 1.81 bits per heavy atom. The van der Waals surface area contributed by atoms with Gasteiger partial charge in [-0.3, -0.25) is 9.69 Å². The fourth-order valence-corrected chi connectivity index (χ4v) is 6.06. The zero-order chi connectivity index (χ0) is 22.6. The summed E-state index contributed by atoms with van der Waals surface area (Å²) in [5.74, 6) is -0.928. The smallest absolute Gasteiger partial charge is 0.243 e. The normalized spacial score (nSPS) is 20.0. The standard InChI is InChI=1S/C24H30FN3O3S/c25-22-8-10-23(11-9-22)32(30,31)28-15-3-7-21(18-28)24(29)26-13-4-14-27-16-12-19-5-1-2-6-20(19)17-27/h1-2,5-6,8-11,21H,3-4,7,12-18H2,(H,26,29)/t21-/m0/s1. The number of nitrogens with one attached hydrogen (secondary N) is 1. The van der Waals surface area contributed by atoms with Gasteiger partial charge in [0.05, 0.1) is 10.8 Å². The van der Waals surface area contributed by atoms with Crippen LogP contribution in [0, 0.1) is 11.7 Å². The van der Waals surface area contributed by atoms with Crippen LogP contribution in [0.1, 0.15) is 30.4 Å². The second-order valence-corrected chi connectivity index (χ2v) is 10.5. The van der Waals surface area contributed by atoms with Crippen LogP contribution in [-0.2, 0) is 27.8 Å². The zero-order valence-corrected chi connectivity index (χ0v) is 19.0. The first-order chi connectivity index (χ1) is 15.4. The average Bonchev–Trinajstić information content (AvgIpc) is 2.82. The van der Waals surface area contributed by atoms with Crippen molar-refractivity contribution in [1.82, 2.24) is 14.5 Å². The van der Waals surface area contributed by atoms with E-state index in [1.165, 1.54) is 27.6 Å². The minimum atomic E-state index is -3.73. The predicted octanol–water partition coefficient (Wildman–Crippen LogP) is 2.79. The van der Waals surface area contributed by atoms with E-state index in [1.54, 1.807) is 0 Å². The lowest BCUT2D eigenvalue weighted by Gasteiger charge is -2.31. The van der Waals surface area contributed by atoms with Crippen molar-refractivity contribution < 1.29 is 17.6 Å². The Labute approximate surface area is 189 Å². The summed E-state index contributed by atoms with van der Waals surface area (Å²) in [4.78, 5) is 15.1. The molecule has 8 heteroatoms. The number of carbonyl (C=O) groups is 1. The van der Waals surface area contributed by atoms with Gasteiger partial charge >= 0.3 is 0 Å². The molecule has 0 aliphatic carbocycles. The number of piperidine rings is 1. The summed E-state index contributed by atoms with van der Waals surface area (Å²) in [5.41, 5.74) is 2.81. The number of hydrogen-bond acceptors (Lipinski definition) is 4. The molecule has 2 aliphatic rings. The molecule has 1 fully saturated rings. The topological polar surface area (TPSA) is 69.7 Å². The molecular weight excluding hydrogens is 429 g/mol. The van der Waals surface area contributed by atoms with Crippen LogP contribution in [0.4, 0.5) is 4.39 Å². The lowest BCUT2D eigenvalue weighted by molar-refractivity contribution is -0.126. The molecule has 0 radical (unpaired) electrons. The maximum atomic E-state index is 13.2. The third-order valence-electron chi connectivity index (χ3n) is 6.37. The van der Waals surface area contributed by atoms with Gasteiger partial charge in [0.2, 0.25) is 15.9 Å². The van der Waals surface area contributed by atoms with Crippen molar-refractivity contribution in [2.45, 2.75) is 37.1 Å². The summed E-state index contributed by atoms with van der Waals surface area (Å²) in [6.07, 6.45) is 3.22. The van der Waals surface area contributed by atoms with E-state index in [2.05, 4.69) is 34.5 Å². The molecule has 32 heavy (non-hydrogen) atoms. The first kappa shape index (κ1) is 22.9. The monoisotopic (exact) mass is 459 g/mol. The van der Waals surface area contributed by atoms with Crippen molar-refractivity contribution in [3.05, 3.63) is 65.5 Å². The van der Waals surface area contributed by atoms with Gasteiger partial charge in [-0.15, -0.1) is 0 Å². The maximum absolute atomic E-state index is 13.2. The van der Waals surface area contributed by atoms with Crippen molar-refractivity contribution in [3.63, 3.8) is 0 Å². The Kier molecular flexibility index (Phi) is 7.23. The quantitative estimate of drug-likeness (QED) is 0.647. The lowest BCUT2D eigenvalue weighted by atomic mass is 9.98. The van der Waals surface area contributed by atoms with Crippen LogP contribution in [0.3, 0.4) is 0 Å². The first-order valence-corrected chi connectivity index (χ1v) is 12.7. The van der Waals surface area contributed by atoms with Crippen LogP contribution in [-0.4, -0.2) is 56.3 Å². The Balaban J connectivity index is 1.24. The molecule has 1 atom stereocenters. The summed E-state index contributed by atoms with van der Waals surface area (Å²) in [6.45, 7) is 4.02. The van der Waals surface area contributed by atoms with Crippen molar-refractivity contribution >= 4 is 15.9 Å². The van der Waals surface area contributed by atoms with Gasteiger partial charge in [0, 0.05) is 39.3 Å². The fourth-order valence-electron chi connectivity index (χ4n) is 4.53. The van der Waals surface area contributed by atoms with Gasteiger partial charge in [0.25, 0.3) is 0 Å². The van der Waals surface area contributed by atoms with Crippen molar-refractivity contribution in [3.8, 4) is 0 Å². The number of hydrogen-bond donors (Lipinski definition) is 1. The Morgan fingerprint density at radius 3 is 2.59 bits per heavy atom. The van der Waals surface area contributed by atoms with Crippen molar-refractivity contribution in [2.75, 3.05) is 32.7 Å². The van der Waals surface area contributed by atoms with Gasteiger partial charge in [-0.1, -0.05) is 24.3 Å². The van der Waals surface area contributed by atoms with E-state index in [1.807, 2.05) is 0 Å². The van der Waals surface area contributed by atoms with Gasteiger partial charge in [-0.25, -0.2) is 12.8 Å². The first-order valence-electron chi connectivity index (χ1n) is 11.3. The number of halogens is 1. The van der Waals surface area contributed by atoms with Crippen LogP contribution >= 0.6 is 0 Å². The molecule has 4 rings (SSSR count). The summed E-state index contributed by atoms with van der Waals surface area (Å²) in [7, 11) is -3.73. The average molecular weight is 460 g/mol. The Bertz CT molecular complexity index is 1040. The van der Waals surface area contributed by atoms with Crippen LogP contribution in [0.5, 0.6) is 0 Å². The molecule has 2 aromatic carbocycles. The van der Waals surface area contributed by atoms with Gasteiger partial charge in [0.1, 0.15) is 5.82 Å². The number of carbonyl (C=O) groups excluding carboxylic acids is 1. The molecule has 6 nitrogen and oxygen atoms in total. The molecule has 1 saturated heterocycles. The number of rotatable bonds is 7. The van der Waals surface area contributed by atoms with E-state index in [9.17, 15) is 17.6 Å². The molecular formula is C24H30FN3O3S. The molecule has 0 saturated carbocycles. The largest absolute Gasteiger partial charge is 0.356 e. The number of fused-ring (bicyclic) bond motifs is 1. The molecule has 2 aliphatic heterocycles. The predicted molar refractivity (Wildman–Crippen MR) is 121 cm³/mol. The molecule has 1 amide bonds. The number of nitrogens with zero attached hydrogens (tertiary/aromatic N) is 2. The number of sulfonamides is 1. The van der Waals surface area contributed by atoms with E-state index < -0.39 is 15.8 Å². The van der Waals surface area contributed by atoms with E-state index in [0.717, 1.165) is 44.6 Å². The number of amides is 1. The summed E-state index contributed by atoms with van der Waals surface area (Å²) in [5, 5.41) is 2.99. The molecule has 0 aromatic heterocycles. The second kappa shape index (κ2) is 10.1. The highest BCUT2D eigenvalue weighted by Gasteiger charge is 2.33. The maximum Gasteiger partial charge on any atom is 0.243 e. The van der Waals surface area contributed by atoms with Crippen molar-refractivity contribution in [2.24, 2.45) is 5.92 Å². The highest BCUT2D eigenvalue weighted by molar-refractivity contribution is 7.89. The molecule has 0 bridgehead atoms. The highest BCUT2D eigenvalue weighted by atomic mass is 32.2. The molecule has 172 valence electrons. The van der Waals surface area contributed by atoms with Gasteiger partial charge in [-0.2, -0.15) is 4.31 Å². The van der Waals surface area contributed by atoms with Crippen LogP contribution < -0.4 is 5.32 Å². The third kappa shape index (κ3) is 5.36. The summed E-state index contributed by atoms with van der Waals surface area (Å²) < 4.78 is 40.2. The zero-order valence-electron chi connectivity index (χ0n) is 18.2. The van der Waals surface area contributed by atoms with E-state index in [0.29, 0.717) is 25.9 Å². The van der Waals surface area contributed by atoms with E-state index >= 15 is 0 Å². The minimum Gasteiger partial charge on any atom is -0.356 e. The van der Waals surface area contributed by atoms with Crippen LogP contribution in [0.25, 0.3) is 0 Å². The number of benzene rings is 2. The molecule has 2 aromatic rings. The van der Waals surface area contributed by atoms with Gasteiger partial charge in [-0.05, 0) is 61.1 Å². The van der Waals surface area contributed by atoms with Gasteiger partial charge < -0.3 is 5.32 Å². The SMILES string of the molecule is O=C(NCCCN1CCc2ccccc2C1)[C@H]1CCCN(S(=O)(=O)c2ccc(F)cc2)C1. The lowest BCUT2D eigenvalue weighted by Crippen LogP contribution is -2.45. The fraction of sp³-hybridized carbons (Fsp3) is 0.458. The molecule has 0 spiro atoms. The van der Waals surface area contributed by atoms with Gasteiger partial charge in [0.15, 0.2) is 0 Å². The second-order valence-electron chi connectivity index (χ2n) is 8.60. The Hall–Kier alpha value is -2.29. The third-order valence-corrected chi connectivity index (χ3v) is 8.25. The highest BCUT2D eigenvalue weighted by Crippen LogP contribution is 2.24. The van der Waals surface area contributed by atoms with E-state index in [-0.39, 0.29) is 23.3 Å². The van der Waals surface area contributed by atoms with Crippen LogP contribution in [0.2, 0.25) is 0 Å². The minimum absolute atomic E-state index is 0.0584.